The fraction of sp³-hybridized carbons (Fsp3) is 0.500. The maximum atomic E-state index is 6.22. The molecular formula is C24H35N3Si. The molecule has 2 N–H and O–H groups in total. The molecule has 0 saturated carbocycles. The van der Waals surface area contributed by atoms with E-state index >= 15 is 0 Å². The van der Waals surface area contributed by atoms with E-state index in [2.05, 4.69) is 65.0 Å². The van der Waals surface area contributed by atoms with Crippen LogP contribution in [0.1, 0.15) is 60.3 Å². The Morgan fingerprint density at radius 3 is 2.46 bits per heavy atom. The number of nitrogens with zero attached hydrogens (tertiary/aromatic N) is 2. The number of benzene rings is 1. The number of aliphatic imine (C=N–C) groups is 2. The molecule has 3 rings (SSSR count). The van der Waals surface area contributed by atoms with Crippen LogP contribution in [0.3, 0.4) is 0 Å². The summed E-state index contributed by atoms with van der Waals surface area (Å²) in [6, 6.07) is 6.28. The second-order valence-electron chi connectivity index (χ2n) is 8.71. The molecule has 28 heavy (non-hydrogen) atoms. The normalized spacial score (nSPS) is 18.9. The Morgan fingerprint density at radius 2 is 1.79 bits per heavy atom. The van der Waals surface area contributed by atoms with Crippen LogP contribution < -0.4 is 10.9 Å². The minimum Gasteiger partial charge on any atom is -0.399 e. The van der Waals surface area contributed by atoms with Gasteiger partial charge in [0.1, 0.15) is 8.07 Å². The van der Waals surface area contributed by atoms with E-state index in [0.29, 0.717) is 11.1 Å². The summed E-state index contributed by atoms with van der Waals surface area (Å²) < 4.78 is 0. The molecular weight excluding hydrogens is 358 g/mol. The first-order chi connectivity index (χ1) is 13.4. The summed E-state index contributed by atoms with van der Waals surface area (Å²) in [5.74, 6) is 0. The molecule has 0 saturated heterocycles. The number of nitrogen functional groups attached to an aromatic ring is 1. The van der Waals surface area contributed by atoms with Crippen LogP contribution in [-0.4, -0.2) is 26.0 Å². The van der Waals surface area contributed by atoms with Crippen LogP contribution in [0.2, 0.25) is 11.1 Å². The fourth-order valence-electron chi connectivity index (χ4n) is 4.97. The van der Waals surface area contributed by atoms with Gasteiger partial charge in [-0.05, 0) is 64.3 Å². The Morgan fingerprint density at radius 1 is 1.04 bits per heavy atom. The van der Waals surface area contributed by atoms with Crippen molar-refractivity contribution in [3.05, 3.63) is 41.6 Å². The molecule has 0 bridgehead atoms. The second kappa shape index (κ2) is 8.60. The highest BCUT2D eigenvalue weighted by molar-refractivity contribution is 7.04. The molecule has 0 spiro atoms. The lowest BCUT2D eigenvalue weighted by Gasteiger charge is -2.45. The van der Waals surface area contributed by atoms with E-state index < -0.39 is 8.07 Å². The lowest BCUT2D eigenvalue weighted by molar-refractivity contribution is 0.675. The molecule has 1 aliphatic heterocycles. The summed E-state index contributed by atoms with van der Waals surface area (Å²) in [7, 11) is -2.04. The van der Waals surface area contributed by atoms with Gasteiger partial charge >= 0.3 is 0 Å². The maximum Gasteiger partial charge on any atom is 0.128 e. The molecule has 1 aromatic carbocycles. The van der Waals surface area contributed by atoms with Gasteiger partial charge < -0.3 is 5.73 Å². The van der Waals surface area contributed by atoms with E-state index in [9.17, 15) is 0 Å². The maximum absolute atomic E-state index is 6.22. The Labute approximate surface area is 171 Å². The van der Waals surface area contributed by atoms with Crippen molar-refractivity contribution in [2.24, 2.45) is 9.98 Å². The zero-order valence-electron chi connectivity index (χ0n) is 18.1. The van der Waals surface area contributed by atoms with Crippen LogP contribution in [0.15, 0.2) is 51.6 Å². The first-order valence-electron chi connectivity index (χ1n) is 10.8. The van der Waals surface area contributed by atoms with E-state index in [1.165, 1.54) is 36.1 Å². The zero-order chi connectivity index (χ0) is 20.3. The number of hydrogen-bond donors (Lipinski definition) is 1. The van der Waals surface area contributed by atoms with E-state index in [1.807, 2.05) is 6.07 Å². The number of nitrogens with two attached hydrogens (primary N) is 1. The number of allylic oxidation sites excluding steroid dienone is 4. The average Bonchev–Trinajstić information content (AvgIpc) is 2.65. The molecule has 0 radical (unpaired) electrons. The number of rotatable bonds is 7. The van der Waals surface area contributed by atoms with Crippen molar-refractivity contribution in [3.63, 3.8) is 0 Å². The van der Waals surface area contributed by atoms with Crippen LogP contribution in [0.25, 0.3) is 0 Å². The number of fused-ring (bicyclic) bond motifs is 2. The summed E-state index contributed by atoms with van der Waals surface area (Å²) in [6.45, 7) is 12.7. The minimum absolute atomic E-state index is 0.558. The van der Waals surface area contributed by atoms with Gasteiger partial charge in [-0.3, -0.25) is 4.99 Å². The highest BCUT2D eigenvalue weighted by Crippen LogP contribution is 2.44. The molecule has 0 amide bonds. The Hall–Kier alpha value is -1.94. The molecule has 1 aromatic rings. The fourth-order valence-corrected chi connectivity index (χ4v) is 11.0. The van der Waals surface area contributed by atoms with Crippen molar-refractivity contribution in [2.75, 3.05) is 12.3 Å². The van der Waals surface area contributed by atoms with Crippen molar-refractivity contribution in [2.45, 2.75) is 71.4 Å². The van der Waals surface area contributed by atoms with E-state index in [-0.39, 0.29) is 0 Å². The van der Waals surface area contributed by atoms with Gasteiger partial charge in [-0.25, -0.2) is 4.99 Å². The lowest BCUT2D eigenvalue weighted by atomic mass is 10.1. The summed E-state index contributed by atoms with van der Waals surface area (Å²) in [6.07, 6.45) is 11.7. The van der Waals surface area contributed by atoms with Crippen molar-refractivity contribution < 1.29 is 0 Å². The predicted octanol–water partition coefficient (Wildman–Crippen LogP) is 5.89. The SMILES string of the molecule is CCCCCCN=C1C=CC2=Nc3ccc(N)cc3[Si](C(C)C)(C(C)C)C2=C1. The van der Waals surface area contributed by atoms with Crippen molar-refractivity contribution in [1.82, 2.24) is 0 Å². The van der Waals surface area contributed by atoms with Gasteiger partial charge in [0.15, 0.2) is 0 Å². The molecule has 3 nitrogen and oxygen atoms in total. The van der Waals surface area contributed by atoms with Crippen LogP contribution in [0, 0.1) is 0 Å². The van der Waals surface area contributed by atoms with Gasteiger partial charge in [0, 0.05) is 12.2 Å². The monoisotopic (exact) mass is 393 g/mol. The van der Waals surface area contributed by atoms with Crippen molar-refractivity contribution >= 4 is 36.1 Å². The van der Waals surface area contributed by atoms with Crippen LogP contribution >= 0.6 is 0 Å². The topological polar surface area (TPSA) is 50.7 Å². The minimum atomic E-state index is -2.04. The average molecular weight is 394 g/mol. The van der Waals surface area contributed by atoms with Crippen LogP contribution in [0.4, 0.5) is 11.4 Å². The summed E-state index contributed by atoms with van der Waals surface area (Å²) in [5.41, 5.74) is 11.5. The summed E-state index contributed by atoms with van der Waals surface area (Å²) >= 11 is 0. The molecule has 0 unspecified atom stereocenters. The molecule has 0 atom stereocenters. The van der Waals surface area contributed by atoms with E-state index in [4.69, 9.17) is 15.7 Å². The van der Waals surface area contributed by atoms with Crippen molar-refractivity contribution in [1.29, 1.82) is 0 Å². The van der Waals surface area contributed by atoms with Gasteiger partial charge in [0.25, 0.3) is 0 Å². The lowest BCUT2D eigenvalue weighted by Crippen LogP contribution is -2.59. The molecule has 150 valence electrons. The Kier molecular flexibility index (Phi) is 6.39. The van der Waals surface area contributed by atoms with Crippen molar-refractivity contribution in [3.8, 4) is 0 Å². The highest BCUT2D eigenvalue weighted by atomic mass is 28.3. The Balaban J connectivity index is 2.07. The third kappa shape index (κ3) is 3.67. The van der Waals surface area contributed by atoms with E-state index in [1.54, 1.807) is 0 Å². The third-order valence-electron chi connectivity index (χ3n) is 6.26. The van der Waals surface area contributed by atoms with E-state index in [0.717, 1.165) is 29.3 Å². The molecule has 4 heteroatoms. The van der Waals surface area contributed by atoms with Gasteiger partial charge in [-0.2, -0.15) is 0 Å². The largest absolute Gasteiger partial charge is 0.399 e. The number of anilines is 1. The quantitative estimate of drug-likeness (QED) is 0.267. The van der Waals surface area contributed by atoms with Crippen LogP contribution in [-0.2, 0) is 0 Å². The van der Waals surface area contributed by atoms with Gasteiger partial charge in [-0.1, -0.05) is 53.9 Å². The summed E-state index contributed by atoms with van der Waals surface area (Å²) in [4.78, 5) is 9.91. The first kappa shape index (κ1) is 20.8. The molecule has 0 fully saturated rings. The third-order valence-corrected chi connectivity index (χ3v) is 12.5. The van der Waals surface area contributed by atoms with Gasteiger partial charge in [0.2, 0.25) is 0 Å². The second-order valence-corrected chi connectivity index (χ2v) is 13.8. The standard InChI is InChI=1S/C24H35N3Si/c1-6-7-8-9-14-26-20-11-13-22-24(16-20)28(17(2)3,18(4)5)23-15-19(25)10-12-21(23)27-22/h10-13,15-18H,6-9,14,25H2,1-5H3. The Bertz CT molecular complexity index is 835. The molecule has 0 aromatic heterocycles. The smallest absolute Gasteiger partial charge is 0.128 e. The molecule has 1 aliphatic carbocycles. The first-order valence-corrected chi connectivity index (χ1v) is 13.0. The number of unbranched alkanes of at least 4 members (excludes halogenated alkanes) is 3. The molecule has 1 heterocycles. The number of hydrogen-bond acceptors (Lipinski definition) is 3. The molecule has 2 aliphatic rings. The zero-order valence-corrected chi connectivity index (χ0v) is 19.1. The van der Waals surface area contributed by atoms with Crippen LogP contribution in [0.5, 0.6) is 0 Å². The van der Waals surface area contributed by atoms with Gasteiger partial charge in [0.05, 0.1) is 17.1 Å². The van der Waals surface area contributed by atoms with Gasteiger partial charge in [-0.15, -0.1) is 0 Å². The highest BCUT2D eigenvalue weighted by Gasteiger charge is 2.50. The summed E-state index contributed by atoms with van der Waals surface area (Å²) in [5, 5.41) is 2.83. The predicted molar refractivity (Wildman–Crippen MR) is 127 cm³/mol.